The van der Waals surface area contributed by atoms with Crippen LogP contribution >= 0.6 is 27.5 Å². The molecule has 1 aromatic carbocycles. The van der Waals surface area contributed by atoms with Crippen LogP contribution in [0.3, 0.4) is 0 Å². The third-order valence-electron chi connectivity index (χ3n) is 4.13. The number of aliphatic hydroxyl groups is 1. The molecule has 2 nitrogen and oxygen atoms in total. The Labute approximate surface area is 122 Å². The van der Waals surface area contributed by atoms with Gasteiger partial charge in [0.25, 0.3) is 0 Å². The van der Waals surface area contributed by atoms with Gasteiger partial charge in [0.1, 0.15) is 0 Å². The van der Waals surface area contributed by atoms with E-state index in [2.05, 4.69) is 22.9 Å². The molecule has 1 aliphatic rings. The predicted molar refractivity (Wildman–Crippen MR) is 78.6 cm³/mol. The highest BCUT2D eigenvalue weighted by atomic mass is 79.9. The molecule has 1 aliphatic carbocycles. The van der Waals surface area contributed by atoms with Crippen LogP contribution in [0.25, 0.3) is 0 Å². The summed E-state index contributed by atoms with van der Waals surface area (Å²) < 4.78 is 0.856. The minimum Gasteiger partial charge on any atom is -0.388 e. The van der Waals surface area contributed by atoms with Crippen molar-refractivity contribution < 1.29 is 5.11 Å². The van der Waals surface area contributed by atoms with Gasteiger partial charge in [-0.1, -0.05) is 46.9 Å². The van der Waals surface area contributed by atoms with Gasteiger partial charge in [0.15, 0.2) is 0 Å². The zero-order chi connectivity index (χ0) is 13.3. The van der Waals surface area contributed by atoms with E-state index in [9.17, 15) is 5.11 Å². The van der Waals surface area contributed by atoms with Gasteiger partial charge in [-0.25, -0.2) is 0 Å². The van der Waals surface area contributed by atoms with Gasteiger partial charge in [0, 0.05) is 21.5 Å². The van der Waals surface area contributed by atoms with Crippen LogP contribution in [0.5, 0.6) is 0 Å². The highest BCUT2D eigenvalue weighted by Crippen LogP contribution is 2.50. The number of hydrogen-bond acceptors (Lipinski definition) is 2. The number of nitrogens with two attached hydrogens (primary N) is 1. The zero-order valence-corrected chi connectivity index (χ0v) is 12.8. The Morgan fingerprint density at radius 2 is 2.33 bits per heavy atom. The fourth-order valence-corrected chi connectivity index (χ4v) is 3.93. The molecule has 0 amide bonds. The third kappa shape index (κ3) is 2.60. The smallest absolute Gasteiger partial charge is 0.0869 e. The second-order valence-electron chi connectivity index (χ2n) is 5.48. The summed E-state index contributed by atoms with van der Waals surface area (Å²) in [5, 5.41) is 11.4. The SMILES string of the molecule is CC1CCC(CN)(C(O)c2ccc(Cl)cc2Br)C1. The Kier molecular flexibility index (Phi) is 4.37. The van der Waals surface area contributed by atoms with Crippen molar-refractivity contribution in [1.82, 2.24) is 0 Å². The van der Waals surface area contributed by atoms with Gasteiger partial charge in [0.2, 0.25) is 0 Å². The zero-order valence-electron chi connectivity index (χ0n) is 10.5. The molecule has 0 bridgehead atoms. The maximum atomic E-state index is 10.7. The number of rotatable bonds is 3. The highest BCUT2D eigenvalue weighted by molar-refractivity contribution is 9.10. The molecule has 3 N–H and O–H groups in total. The lowest BCUT2D eigenvalue weighted by molar-refractivity contribution is 0.0302. The monoisotopic (exact) mass is 331 g/mol. The van der Waals surface area contributed by atoms with Crippen molar-refractivity contribution in [3.05, 3.63) is 33.3 Å². The normalized spacial score (nSPS) is 29.5. The first-order valence-corrected chi connectivity index (χ1v) is 7.49. The Balaban J connectivity index is 2.32. The van der Waals surface area contributed by atoms with Gasteiger partial charge in [0.05, 0.1) is 6.10 Å². The average Bonchev–Trinajstić information content (AvgIpc) is 2.71. The lowest BCUT2D eigenvalue weighted by Gasteiger charge is -2.34. The van der Waals surface area contributed by atoms with Crippen LogP contribution in [-0.2, 0) is 0 Å². The summed E-state index contributed by atoms with van der Waals surface area (Å²) in [4.78, 5) is 0. The summed E-state index contributed by atoms with van der Waals surface area (Å²) in [5.41, 5.74) is 6.65. The first kappa shape index (κ1) is 14.3. The third-order valence-corrected chi connectivity index (χ3v) is 5.06. The fourth-order valence-electron chi connectivity index (χ4n) is 3.03. The van der Waals surface area contributed by atoms with Gasteiger partial charge in [-0.2, -0.15) is 0 Å². The van der Waals surface area contributed by atoms with E-state index in [1.165, 1.54) is 0 Å². The molecule has 0 radical (unpaired) electrons. The lowest BCUT2D eigenvalue weighted by atomic mass is 9.77. The molecule has 0 spiro atoms. The van der Waals surface area contributed by atoms with Gasteiger partial charge in [-0.05, 0) is 36.5 Å². The molecule has 0 aromatic heterocycles. The maximum Gasteiger partial charge on any atom is 0.0869 e. The van der Waals surface area contributed by atoms with Crippen molar-refractivity contribution in [2.45, 2.75) is 32.3 Å². The van der Waals surface area contributed by atoms with Crippen molar-refractivity contribution in [3.63, 3.8) is 0 Å². The summed E-state index contributed by atoms with van der Waals surface area (Å²) in [6.45, 7) is 2.74. The van der Waals surface area contributed by atoms with E-state index < -0.39 is 6.10 Å². The molecular weight excluding hydrogens is 314 g/mol. The lowest BCUT2D eigenvalue weighted by Crippen LogP contribution is -2.34. The predicted octanol–water partition coefficient (Wildman–Crippen LogP) is 3.90. The Bertz CT molecular complexity index is 440. The molecule has 18 heavy (non-hydrogen) atoms. The second-order valence-corrected chi connectivity index (χ2v) is 6.77. The van der Waals surface area contributed by atoms with Crippen molar-refractivity contribution in [2.75, 3.05) is 6.54 Å². The van der Waals surface area contributed by atoms with E-state index >= 15 is 0 Å². The number of aliphatic hydroxyl groups excluding tert-OH is 1. The van der Waals surface area contributed by atoms with Gasteiger partial charge in [-0.15, -0.1) is 0 Å². The van der Waals surface area contributed by atoms with Crippen LogP contribution in [0, 0.1) is 11.3 Å². The minimum absolute atomic E-state index is 0.185. The molecule has 4 heteroatoms. The van der Waals surface area contributed by atoms with E-state index in [0.717, 1.165) is 29.3 Å². The van der Waals surface area contributed by atoms with Crippen molar-refractivity contribution >= 4 is 27.5 Å². The summed E-state index contributed by atoms with van der Waals surface area (Å²) in [6, 6.07) is 5.52. The summed E-state index contributed by atoms with van der Waals surface area (Å²) in [6.07, 6.45) is 2.58. The topological polar surface area (TPSA) is 46.2 Å². The maximum absolute atomic E-state index is 10.7. The van der Waals surface area contributed by atoms with E-state index in [-0.39, 0.29) is 5.41 Å². The van der Waals surface area contributed by atoms with E-state index in [1.54, 1.807) is 0 Å². The quantitative estimate of drug-likeness (QED) is 0.882. The van der Waals surface area contributed by atoms with Gasteiger partial charge in [-0.3, -0.25) is 0 Å². The van der Waals surface area contributed by atoms with Crippen molar-refractivity contribution in [1.29, 1.82) is 0 Å². The molecule has 3 atom stereocenters. The Morgan fingerprint density at radius 3 is 2.83 bits per heavy atom. The number of halogens is 2. The van der Waals surface area contributed by atoms with E-state index in [4.69, 9.17) is 17.3 Å². The van der Waals surface area contributed by atoms with E-state index in [1.807, 2.05) is 18.2 Å². The molecule has 1 fully saturated rings. The van der Waals surface area contributed by atoms with Crippen LogP contribution in [-0.4, -0.2) is 11.7 Å². The molecular formula is C14H19BrClNO. The summed E-state index contributed by atoms with van der Waals surface area (Å²) in [7, 11) is 0. The first-order valence-electron chi connectivity index (χ1n) is 6.31. The minimum atomic E-state index is -0.529. The largest absolute Gasteiger partial charge is 0.388 e. The van der Waals surface area contributed by atoms with Crippen LogP contribution in [0.15, 0.2) is 22.7 Å². The second kappa shape index (κ2) is 5.49. The van der Waals surface area contributed by atoms with Crippen molar-refractivity contribution in [2.24, 2.45) is 17.1 Å². The van der Waals surface area contributed by atoms with Crippen LogP contribution < -0.4 is 5.73 Å². The Morgan fingerprint density at radius 1 is 1.61 bits per heavy atom. The highest BCUT2D eigenvalue weighted by Gasteiger charge is 2.43. The van der Waals surface area contributed by atoms with Crippen LogP contribution in [0.2, 0.25) is 5.02 Å². The first-order chi connectivity index (χ1) is 8.48. The van der Waals surface area contributed by atoms with E-state index in [0.29, 0.717) is 17.5 Å². The summed E-state index contributed by atoms with van der Waals surface area (Å²) in [5.74, 6) is 0.634. The number of hydrogen-bond donors (Lipinski definition) is 2. The van der Waals surface area contributed by atoms with Crippen LogP contribution in [0.4, 0.5) is 0 Å². The number of benzene rings is 1. The van der Waals surface area contributed by atoms with Gasteiger partial charge < -0.3 is 10.8 Å². The van der Waals surface area contributed by atoms with Crippen LogP contribution in [0.1, 0.15) is 37.9 Å². The van der Waals surface area contributed by atoms with Crippen molar-refractivity contribution in [3.8, 4) is 0 Å². The molecule has 1 saturated carbocycles. The molecule has 1 aromatic rings. The molecule has 2 rings (SSSR count). The Hall–Kier alpha value is -0.0900. The molecule has 0 heterocycles. The molecule has 100 valence electrons. The van der Waals surface area contributed by atoms with Gasteiger partial charge >= 0.3 is 0 Å². The fraction of sp³-hybridized carbons (Fsp3) is 0.571. The average molecular weight is 333 g/mol. The molecule has 3 unspecified atom stereocenters. The standard InChI is InChI=1S/C14H19BrClNO/c1-9-4-5-14(7-9,8-17)13(18)11-3-2-10(16)6-12(11)15/h2-3,6,9,13,18H,4-5,7-8,17H2,1H3. The summed E-state index contributed by atoms with van der Waals surface area (Å²) >= 11 is 9.41. The molecule has 0 aliphatic heterocycles. The molecule has 0 saturated heterocycles.